The van der Waals surface area contributed by atoms with E-state index in [9.17, 15) is 13.6 Å². The summed E-state index contributed by atoms with van der Waals surface area (Å²) in [7, 11) is 0. The highest BCUT2D eigenvalue weighted by Crippen LogP contribution is 2.24. The molecule has 0 radical (unpaired) electrons. The maximum absolute atomic E-state index is 12.5. The Hall–Kier alpha value is -2.52. The number of hydrogen-bond donors (Lipinski definition) is 1. The minimum atomic E-state index is -2.79. The first-order chi connectivity index (χ1) is 10.6. The molecule has 3 heterocycles. The number of aromatic nitrogens is 4. The van der Waals surface area contributed by atoms with Gasteiger partial charge in [0.05, 0.1) is 11.8 Å². The SMILES string of the molecule is CC1CN(C(=O)c2cn[nH]c2)CCN1c1nnc(C(F)F)o1. The fourth-order valence-electron chi connectivity index (χ4n) is 2.41. The van der Waals surface area contributed by atoms with Gasteiger partial charge in [-0.15, -0.1) is 5.10 Å². The minimum Gasteiger partial charge on any atom is -0.402 e. The number of nitrogens with zero attached hydrogens (tertiary/aromatic N) is 5. The van der Waals surface area contributed by atoms with Crippen LogP contribution in [0.25, 0.3) is 0 Å². The van der Waals surface area contributed by atoms with E-state index in [2.05, 4.69) is 20.4 Å². The van der Waals surface area contributed by atoms with Crippen LogP contribution in [-0.2, 0) is 0 Å². The Bertz CT molecular complexity index is 644. The van der Waals surface area contributed by atoms with Crippen molar-refractivity contribution in [3.8, 4) is 0 Å². The molecule has 0 aromatic carbocycles. The zero-order valence-electron chi connectivity index (χ0n) is 11.7. The molecule has 0 aliphatic carbocycles. The molecule has 1 N–H and O–H groups in total. The molecule has 2 aromatic rings. The van der Waals surface area contributed by atoms with Crippen LogP contribution in [0.2, 0.25) is 0 Å². The van der Waals surface area contributed by atoms with Gasteiger partial charge < -0.3 is 14.2 Å². The van der Waals surface area contributed by atoms with Crippen molar-refractivity contribution in [3.05, 3.63) is 23.8 Å². The highest BCUT2D eigenvalue weighted by atomic mass is 19.3. The zero-order chi connectivity index (χ0) is 15.7. The van der Waals surface area contributed by atoms with E-state index in [1.165, 1.54) is 12.4 Å². The number of halogens is 2. The number of carbonyl (C=O) groups is 1. The van der Waals surface area contributed by atoms with E-state index in [0.29, 0.717) is 25.2 Å². The van der Waals surface area contributed by atoms with Gasteiger partial charge in [-0.25, -0.2) is 0 Å². The van der Waals surface area contributed by atoms with Crippen LogP contribution in [-0.4, -0.2) is 56.9 Å². The summed E-state index contributed by atoms with van der Waals surface area (Å²) in [6.07, 6.45) is 0.207. The summed E-state index contributed by atoms with van der Waals surface area (Å²) in [5, 5.41) is 13.3. The van der Waals surface area contributed by atoms with Gasteiger partial charge in [-0.1, -0.05) is 5.10 Å². The molecule has 118 valence electrons. The summed E-state index contributed by atoms with van der Waals surface area (Å²) in [5.41, 5.74) is 0.485. The number of nitrogens with one attached hydrogen (secondary N) is 1. The first kappa shape index (κ1) is 14.4. The van der Waals surface area contributed by atoms with E-state index in [4.69, 9.17) is 4.42 Å². The number of H-pyrrole nitrogens is 1. The molecule has 2 aromatic heterocycles. The van der Waals surface area contributed by atoms with Gasteiger partial charge >= 0.3 is 12.4 Å². The summed E-state index contributed by atoms with van der Waals surface area (Å²) >= 11 is 0. The first-order valence-electron chi connectivity index (χ1n) is 6.72. The molecule has 3 rings (SSSR count). The van der Waals surface area contributed by atoms with Crippen molar-refractivity contribution in [1.82, 2.24) is 25.3 Å². The van der Waals surface area contributed by atoms with Crippen LogP contribution in [0.3, 0.4) is 0 Å². The van der Waals surface area contributed by atoms with Gasteiger partial charge in [0.15, 0.2) is 0 Å². The summed E-state index contributed by atoms with van der Waals surface area (Å²) in [6, 6.07) is -0.0752. The van der Waals surface area contributed by atoms with Crippen molar-refractivity contribution < 1.29 is 18.0 Å². The van der Waals surface area contributed by atoms with Crippen LogP contribution < -0.4 is 4.90 Å². The monoisotopic (exact) mass is 312 g/mol. The number of anilines is 1. The van der Waals surface area contributed by atoms with E-state index in [0.717, 1.165) is 0 Å². The highest BCUT2D eigenvalue weighted by molar-refractivity contribution is 5.93. The zero-order valence-corrected chi connectivity index (χ0v) is 11.7. The van der Waals surface area contributed by atoms with Gasteiger partial charge in [0.25, 0.3) is 11.8 Å². The molecule has 0 saturated carbocycles. The highest BCUT2D eigenvalue weighted by Gasteiger charge is 2.31. The standard InChI is InChI=1S/C12H14F2N6O2/c1-7-6-19(11(21)8-4-15-16-5-8)2-3-20(7)12-18-17-10(22-12)9(13)14/h4-5,7,9H,2-3,6H2,1H3,(H,15,16). The Labute approximate surface area is 124 Å². The molecular formula is C12H14F2N6O2. The van der Waals surface area contributed by atoms with Crippen molar-refractivity contribution in [1.29, 1.82) is 0 Å². The first-order valence-corrected chi connectivity index (χ1v) is 6.72. The van der Waals surface area contributed by atoms with Crippen molar-refractivity contribution in [2.24, 2.45) is 0 Å². The number of carbonyl (C=O) groups excluding carboxylic acids is 1. The van der Waals surface area contributed by atoms with Crippen molar-refractivity contribution >= 4 is 11.9 Å². The predicted octanol–water partition coefficient (Wildman–Crippen LogP) is 1.08. The fraction of sp³-hybridized carbons (Fsp3) is 0.500. The molecular weight excluding hydrogens is 298 g/mol. The third-order valence-corrected chi connectivity index (χ3v) is 3.52. The van der Waals surface area contributed by atoms with Gasteiger partial charge in [-0.05, 0) is 6.92 Å². The maximum atomic E-state index is 12.5. The normalized spacial score (nSPS) is 19.0. The average Bonchev–Trinajstić information content (AvgIpc) is 3.18. The summed E-state index contributed by atoms with van der Waals surface area (Å²) in [6.45, 7) is 3.15. The number of amides is 1. The maximum Gasteiger partial charge on any atom is 0.318 e. The lowest BCUT2D eigenvalue weighted by Crippen LogP contribution is -2.53. The molecule has 8 nitrogen and oxygen atoms in total. The molecule has 1 saturated heterocycles. The Balaban J connectivity index is 1.68. The second-order valence-corrected chi connectivity index (χ2v) is 5.00. The second-order valence-electron chi connectivity index (χ2n) is 5.00. The van der Waals surface area contributed by atoms with Gasteiger partial charge in [0.2, 0.25) is 0 Å². The molecule has 0 spiro atoms. The molecule has 1 aliphatic rings. The Morgan fingerprint density at radius 1 is 1.45 bits per heavy atom. The number of rotatable bonds is 3. The lowest BCUT2D eigenvalue weighted by Gasteiger charge is -2.38. The largest absolute Gasteiger partial charge is 0.402 e. The van der Waals surface area contributed by atoms with Crippen molar-refractivity contribution in [3.63, 3.8) is 0 Å². The van der Waals surface area contributed by atoms with Crippen LogP contribution in [0.5, 0.6) is 0 Å². The van der Waals surface area contributed by atoms with E-state index in [-0.39, 0.29) is 18.0 Å². The average molecular weight is 312 g/mol. The van der Waals surface area contributed by atoms with E-state index >= 15 is 0 Å². The third kappa shape index (κ3) is 2.63. The molecule has 1 amide bonds. The van der Waals surface area contributed by atoms with Gasteiger partial charge in [-0.3, -0.25) is 9.89 Å². The van der Waals surface area contributed by atoms with Crippen LogP contribution in [0.15, 0.2) is 16.8 Å². The van der Waals surface area contributed by atoms with E-state index < -0.39 is 12.3 Å². The van der Waals surface area contributed by atoms with Gasteiger partial charge in [0.1, 0.15) is 0 Å². The summed E-state index contributed by atoms with van der Waals surface area (Å²) in [5.74, 6) is -0.821. The third-order valence-electron chi connectivity index (χ3n) is 3.52. The van der Waals surface area contributed by atoms with Gasteiger partial charge in [-0.2, -0.15) is 13.9 Å². The number of aromatic amines is 1. The second kappa shape index (κ2) is 5.70. The van der Waals surface area contributed by atoms with Gasteiger partial charge in [0, 0.05) is 31.9 Å². The van der Waals surface area contributed by atoms with E-state index in [1.807, 2.05) is 6.92 Å². The number of hydrogen-bond acceptors (Lipinski definition) is 6. The van der Waals surface area contributed by atoms with Crippen molar-refractivity contribution in [2.75, 3.05) is 24.5 Å². The minimum absolute atomic E-state index is 0.0539. The quantitative estimate of drug-likeness (QED) is 0.912. The smallest absolute Gasteiger partial charge is 0.318 e. The van der Waals surface area contributed by atoms with E-state index in [1.54, 1.807) is 9.80 Å². The molecule has 1 atom stereocenters. The van der Waals surface area contributed by atoms with Crippen molar-refractivity contribution in [2.45, 2.75) is 19.4 Å². The molecule has 1 aliphatic heterocycles. The fourth-order valence-corrected chi connectivity index (χ4v) is 2.41. The molecule has 22 heavy (non-hydrogen) atoms. The Morgan fingerprint density at radius 3 is 2.86 bits per heavy atom. The number of alkyl halides is 2. The predicted molar refractivity (Wildman–Crippen MR) is 70.6 cm³/mol. The molecule has 1 unspecified atom stereocenters. The molecule has 0 bridgehead atoms. The summed E-state index contributed by atoms with van der Waals surface area (Å²) in [4.78, 5) is 15.6. The van der Waals surface area contributed by atoms with Crippen LogP contribution in [0.4, 0.5) is 14.8 Å². The Kier molecular flexibility index (Phi) is 3.73. The topological polar surface area (TPSA) is 91.2 Å². The number of piperazine rings is 1. The van der Waals surface area contributed by atoms with Crippen LogP contribution in [0.1, 0.15) is 29.6 Å². The Morgan fingerprint density at radius 2 is 2.27 bits per heavy atom. The molecule has 1 fully saturated rings. The summed E-state index contributed by atoms with van der Waals surface area (Å²) < 4.78 is 29.9. The lowest BCUT2D eigenvalue weighted by molar-refractivity contribution is 0.0722. The van der Waals surface area contributed by atoms with Crippen LogP contribution in [0, 0.1) is 0 Å². The van der Waals surface area contributed by atoms with Crippen LogP contribution >= 0.6 is 0 Å². The lowest BCUT2D eigenvalue weighted by atomic mass is 10.2. The molecule has 10 heteroatoms.